The molecule has 0 saturated heterocycles. The summed E-state index contributed by atoms with van der Waals surface area (Å²) in [7, 11) is 2.13. The van der Waals surface area contributed by atoms with Gasteiger partial charge in [-0.1, -0.05) is 26.0 Å². The molecule has 1 aromatic carbocycles. The SMILES string of the molecule is CC(C)c1nn(-c2noc(C3CC(N(C)CCCN)C3)n2)c2c(F)cccc12. The molecule has 0 aliphatic heterocycles. The lowest BCUT2D eigenvalue weighted by molar-refractivity contribution is 0.120. The first-order chi connectivity index (χ1) is 13.5. The summed E-state index contributed by atoms with van der Waals surface area (Å²) in [5.41, 5.74) is 6.81. The molecule has 0 unspecified atom stereocenters. The summed E-state index contributed by atoms with van der Waals surface area (Å²) in [4.78, 5) is 6.88. The highest BCUT2D eigenvalue weighted by Crippen LogP contribution is 2.39. The molecule has 2 N–H and O–H groups in total. The fourth-order valence-corrected chi connectivity index (χ4v) is 3.87. The van der Waals surface area contributed by atoms with Gasteiger partial charge in [-0.05, 0) is 56.5 Å². The Morgan fingerprint density at radius 2 is 2.14 bits per heavy atom. The van der Waals surface area contributed by atoms with Crippen LogP contribution in [0.5, 0.6) is 0 Å². The lowest BCUT2D eigenvalue weighted by Crippen LogP contribution is -2.42. The van der Waals surface area contributed by atoms with Gasteiger partial charge in [-0.15, -0.1) is 0 Å². The van der Waals surface area contributed by atoms with Crippen molar-refractivity contribution in [1.82, 2.24) is 24.8 Å². The van der Waals surface area contributed by atoms with Gasteiger partial charge in [-0.2, -0.15) is 14.8 Å². The van der Waals surface area contributed by atoms with Gasteiger partial charge in [0.05, 0.1) is 5.69 Å². The zero-order valence-corrected chi connectivity index (χ0v) is 16.6. The van der Waals surface area contributed by atoms with E-state index < -0.39 is 0 Å². The van der Waals surface area contributed by atoms with Gasteiger partial charge in [0.25, 0.3) is 5.95 Å². The Balaban J connectivity index is 1.56. The Hall–Kier alpha value is -2.32. The molecule has 0 radical (unpaired) electrons. The molecule has 4 rings (SSSR count). The van der Waals surface area contributed by atoms with Crippen LogP contribution in [0.2, 0.25) is 0 Å². The van der Waals surface area contributed by atoms with Crippen molar-refractivity contribution in [3.63, 3.8) is 0 Å². The summed E-state index contributed by atoms with van der Waals surface area (Å²) >= 11 is 0. The predicted octanol–water partition coefficient (Wildman–Crippen LogP) is 3.20. The van der Waals surface area contributed by atoms with Crippen LogP contribution in [0.4, 0.5) is 4.39 Å². The van der Waals surface area contributed by atoms with E-state index in [0.29, 0.717) is 24.0 Å². The van der Waals surface area contributed by atoms with Gasteiger partial charge in [0.1, 0.15) is 11.3 Å². The second kappa shape index (κ2) is 7.60. The normalized spacial score (nSPS) is 19.7. The summed E-state index contributed by atoms with van der Waals surface area (Å²) in [6.07, 6.45) is 2.96. The number of hydrogen-bond donors (Lipinski definition) is 1. The van der Waals surface area contributed by atoms with E-state index in [-0.39, 0.29) is 23.6 Å². The molecular formula is C20H27FN6O. The highest BCUT2D eigenvalue weighted by Gasteiger charge is 2.36. The third kappa shape index (κ3) is 3.31. The summed E-state index contributed by atoms with van der Waals surface area (Å²) < 4.78 is 21.5. The lowest BCUT2D eigenvalue weighted by atomic mass is 9.79. The number of rotatable bonds is 7. The van der Waals surface area contributed by atoms with E-state index >= 15 is 0 Å². The van der Waals surface area contributed by atoms with Crippen LogP contribution in [0.25, 0.3) is 16.9 Å². The molecule has 1 saturated carbocycles. The first kappa shape index (κ1) is 19.0. The molecule has 1 aliphatic carbocycles. The quantitative estimate of drug-likeness (QED) is 0.671. The number of halogens is 1. The fourth-order valence-electron chi connectivity index (χ4n) is 3.87. The highest BCUT2D eigenvalue weighted by atomic mass is 19.1. The second-order valence-corrected chi connectivity index (χ2v) is 7.97. The topological polar surface area (TPSA) is 86.0 Å². The minimum Gasteiger partial charge on any atom is -0.337 e. The van der Waals surface area contributed by atoms with Crippen LogP contribution in [0, 0.1) is 5.82 Å². The van der Waals surface area contributed by atoms with Crippen molar-refractivity contribution in [2.24, 2.45) is 5.73 Å². The molecule has 2 aromatic heterocycles. The molecule has 150 valence electrons. The lowest BCUT2D eigenvalue weighted by Gasteiger charge is -2.39. The first-order valence-corrected chi connectivity index (χ1v) is 9.91. The van der Waals surface area contributed by atoms with Crippen LogP contribution >= 0.6 is 0 Å². The summed E-state index contributed by atoms with van der Waals surface area (Å²) in [6, 6.07) is 5.53. The minimum atomic E-state index is -0.339. The molecule has 3 aromatic rings. The monoisotopic (exact) mass is 386 g/mol. The first-order valence-electron chi connectivity index (χ1n) is 9.91. The summed E-state index contributed by atoms with van der Waals surface area (Å²) in [5, 5.41) is 9.46. The molecule has 0 spiro atoms. The Morgan fingerprint density at radius 1 is 1.36 bits per heavy atom. The van der Waals surface area contributed by atoms with Crippen molar-refractivity contribution in [2.45, 2.75) is 51.0 Å². The number of nitrogens with two attached hydrogens (primary N) is 1. The third-order valence-corrected chi connectivity index (χ3v) is 5.65. The van der Waals surface area contributed by atoms with Gasteiger partial charge in [-0.25, -0.2) is 4.39 Å². The molecule has 8 heteroatoms. The van der Waals surface area contributed by atoms with Crippen LogP contribution in [0.1, 0.15) is 56.5 Å². The number of benzene rings is 1. The van der Waals surface area contributed by atoms with Crippen molar-refractivity contribution < 1.29 is 8.91 Å². The van der Waals surface area contributed by atoms with Gasteiger partial charge in [0.2, 0.25) is 5.89 Å². The molecular weight excluding hydrogens is 359 g/mol. The van der Waals surface area contributed by atoms with Crippen molar-refractivity contribution in [3.8, 4) is 5.95 Å². The molecule has 7 nitrogen and oxygen atoms in total. The summed E-state index contributed by atoms with van der Waals surface area (Å²) in [5.74, 6) is 0.950. The number of nitrogens with zero attached hydrogens (tertiary/aromatic N) is 5. The van der Waals surface area contributed by atoms with Crippen LogP contribution in [-0.2, 0) is 0 Å². The van der Waals surface area contributed by atoms with E-state index in [2.05, 4.69) is 27.2 Å². The van der Waals surface area contributed by atoms with Crippen molar-refractivity contribution in [1.29, 1.82) is 0 Å². The Labute approximate surface area is 163 Å². The summed E-state index contributed by atoms with van der Waals surface area (Å²) in [6.45, 7) is 5.78. The van der Waals surface area contributed by atoms with Gasteiger partial charge < -0.3 is 15.2 Å². The highest BCUT2D eigenvalue weighted by molar-refractivity contribution is 5.84. The predicted molar refractivity (Wildman–Crippen MR) is 105 cm³/mol. The average Bonchev–Trinajstić information content (AvgIpc) is 3.24. The number of hydrogen-bond acceptors (Lipinski definition) is 6. The van der Waals surface area contributed by atoms with Crippen LogP contribution in [0.15, 0.2) is 22.7 Å². The maximum Gasteiger partial charge on any atom is 0.291 e. The van der Waals surface area contributed by atoms with E-state index in [4.69, 9.17) is 10.3 Å². The van der Waals surface area contributed by atoms with Gasteiger partial charge in [0.15, 0.2) is 0 Å². The van der Waals surface area contributed by atoms with Gasteiger partial charge in [-0.3, -0.25) is 0 Å². The molecule has 1 aliphatic rings. The van der Waals surface area contributed by atoms with E-state index in [1.54, 1.807) is 6.07 Å². The molecule has 28 heavy (non-hydrogen) atoms. The van der Waals surface area contributed by atoms with Gasteiger partial charge in [0, 0.05) is 17.3 Å². The molecule has 1 fully saturated rings. The maximum atomic E-state index is 14.5. The van der Waals surface area contributed by atoms with Crippen molar-refractivity contribution in [2.75, 3.05) is 20.1 Å². The number of fused-ring (bicyclic) bond motifs is 1. The average molecular weight is 386 g/mol. The van der Waals surface area contributed by atoms with Crippen LogP contribution in [0.3, 0.4) is 0 Å². The van der Waals surface area contributed by atoms with E-state index in [0.717, 1.165) is 36.9 Å². The number of aromatic nitrogens is 4. The standard InChI is InChI=1S/C20H27FN6O/c1-12(2)17-15-6-4-7-16(21)18(15)27(24-17)20-23-19(28-25-20)13-10-14(11-13)26(3)9-5-8-22/h4,6-7,12-14H,5,8-11,22H2,1-3H3. The van der Waals surface area contributed by atoms with Crippen LogP contribution < -0.4 is 5.73 Å². The Morgan fingerprint density at radius 3 is 2.86 bits per heavy atom. The molecule has 0 atom stereocenters. The third-order valence-electron chi connectivity index (χ3n) is 5.65. The largest absolute Gasteiger partial charge is 0.337 e. The Kier molecular flexibility index (Phi) is 5.16. The maximum absolute atomic E-state index is 14.5. The van der Waals surface area contributed by atoms with Crippen molar-refractivity contribution in [3.05, 3.63) is 35.6 Å². The fraction of sp³-hybridized carbons (Fsp3) is 0.550. The van der Waals surface area contributed by atoms with E-state index in [1.807, 2.05) is 19.9 Å². The van der Waals surface area contributed by atoms with Gasteiger partial charge >= 0.3 is 0 Å². The Bertz CT molecular complexity index is 959. The van der Waals surface area contributed by atoms with Crippen molar-refractivity contribution >= 4 is 10.9 Å². The number of para-hydroxylation sites is 1. The van der Waals surface area contributed by atoms with Crippen LogP contribution in [-0.4, -0.2) is 51.0 Å². The second-order valence-electron chi connectivity index (χ2n) is 7.97. The smallest absolute Gasteiger partial charge is 0.291 e. The molecule has 2 heterocycles. The van der Waals surface area contributed by atoms with E-state index in [1.165, 1.54) is 10.7 Å². The zero-order chi connectivity index (χ0) is 19.8. The minimum absolute atomic E-state index is 0.161. The molecule has 0 bridgehead atoms. The van der Waals surface area contributed by atoms with E-state index in [9.17, 15) is 4.39 Å². The molecule has 0 amide bonds. The zero-order valence-electron chi connectivity index (χ0n) is 16.6.